The second-order valence-corrected chi connectivity index (χ2v) is 4.72. The molecule has 1 aromatic carbocycles. The van der Waals surface area contributed by atoms with E-state index in [1.807, 2.05) is 43.3 Å². The van der Waals surface area contributed by atoms with Crippen LogP contribution in [0.25, 0.3) is 5.52 Å². The third-order valence-electron chi connectivity index (χ3n) is 3.14. The van der Waals surface area contributed by atoms with Crippen LogP contribution in [0.5, 0.6) is 5.75 Å². The molecule has 0 saturated heterocycles. The second kappa shape index (κ2) is 5.66. The van der Waals surface area contributed by atoms with Gasteiger partial charge in [0.05, 0.1) is 5.52 Å². The number of para-hydroxylation sites is 1. The van der Waals surface area contributed by atoms with E-state index in [4.69, 9.17) is 4.74 Å². The number of ether oxygens (including phenoxy) is 1. The minimum atomic E-state index is -0.192. The molecule has 5 nitrogen and oxygen atoms in total. The van der Waals surface area contributed by atoms with Gasteiger partial charge in [0.1, 0.15) is 5.75 Å². The summed E-state index contributed by atoms with van der Waals surface area (Å²) in [7, 11) is 0. The lowest BCUT2D eigenvalue weighted by Crippen LogP contribution is -2.20. The Labute approximate surface area is 122 Å². The third kappa shape index (κ3) is 3.02. The lowest BCUT2D eigenvalue weighted by molar-refractivity contribution is -0.118. The molecule has 3 aromatic rings. The summed E-state index contributed by atoms with van der Waals surface area (Å²) in [6, 6.07) is 13.1. The minimum absolute atomic E-state index is 0.0186. The highest BCUT2D eigenvalue weighted by molar-refractivity contribution is 5.92. The van der Waals surface area contributed by atoms with E-state index in [9.17, 15) is 4.79 Å². The standard InChI is InChI=1S/C16H15N3O2/c1-12-4-2-3-5-15(12)21-11-16(20)18-13-7-9-19-14(10-13)6-8-17-19/h2-10H,11H2,1H3,(H,18,20). The first-order valence-electron chi connectivity index (χ1n) is 6.64. The van der Waals surface area contributed by atoms with Crippen LogP contribution in [-0.4, -0.2) is 22.1 Å². The molecule has 2 heterocycles. The first-order valence-corrected chi connectivity index (χ1v) is 6.64. The van der Waals surface area contributed by atoms with Gasteiger partial charge in [0, 0.05) is 18.1 Å². The molecular weight excluding hydrogens is 266 g/mol. The van der Waals surface area contributed by atoms with Crippen LogP contribution in [0.15, 0.2) is 54.9 Å². The Bertz CT molecular complexity index is 780. The predicted octanol–water partition coefficient (Wildman–Crippen LogP) is 2.66. The zero-order valence-corrected chi connectivity index (χ0v) is 11.6. The number of aromatic nitrogens is 2. The highest BCUT2D eigenvalue weighted by Gasteiger charge is 2.06. The number of anilines is 1. The number of hydrogen-bond donors (Lipinski definition) is 1. The molecule has 0 aliphatic rings. The van der Waals surface area contributed by atoms with E-state index in [0.29, 0.717) is 0 Å². The molecule has 0 spiro atoms. The topological polar surface area (TPSA) is 55.6 Å². The number of nitrogens with zero attached hydrogens (tertiary/aromatic N) is 2. The SMILES string of the molecule is Cc1ccccc1OCC(=O)Nc1ccn2nccc2c1. The lowest BCUT2D eigenvalue weighted by Gasteiger charge is -2.09. The van der Waals surface area contributed by atoms with Gasteiger partial charge in [-0.05, 0) is 36.8 Å². The molecule has 0 bridgehead atoms. The van der Waals surface area contributed by atoms with Crippen molar-refractivity contribution in [1.82, 2.24) is 9.61 Å². The first kappa shape index (κ1) is 13.2. The number of fused-ring (bicyclic) bond motifs is 1. The fraction of sp³-hybridized carbons (Fsp3) is 0.125. The average molecular weight is 281 g/mol. The minimum Gasteiger partial charge on any atom is -0.483 e. The summed E-state index contributed by atoms with van der Waals surface area (Å²) in [5.41, 5.74) is 2.65. The van der Waals surface area contributed by atoms with E-state index >= 15 is 0 Å². The Morgan fingerprint density at radius 3 is 3.00 bits per heavy atom. The fourth-order valence-corrected chi connectivity index (χ4v) is 2.06. The molecule has 21 heavy (non-hydrogen) atoms. The number of aryl methyl sites for hydroxylation is 1. The van der Waals surface area contributed by atoms with Gasteiger partial charge in [0.15, 0.2) is 6.61 Å². The Kier molecular flexibility index (Phi) is 3.55. The maximum absolute atomic E-state index is 11.9. The Morgan fingerprint density at radius 1 is 1.29 bits per heavy atom. The van der Waals surface area contributed by atoms with Crippen LogP contribution < -0.4 is 10.1 Å². The largest absolute Gasteiger partial charge is 0.483 e. The van der Waals surface area contributed by atoms with E-state index in [-0.39, 0.29) is 12.5 Å². The van der Waals surface area contributed by atoms with Gasteiger partial charge >= 0.3 is 0 Å². The average Bonchev–Trinajstić information content (AvgIpc) is 2.94. The highest BCUT2D eigenvalue weighted by atomic mass is 16.5. The van der Waals surface area contributed by atoms with Crippen LogP contribution in [-0.2, 0) is 4.79 Å². The number of rotatable bonds is 4. The number of hydrogen-bond acceptors (Lipinski definition) is 3. The molecule has 106 valence electrons. The van der Waals surface area contributed by atoms with Gasteiger partial charge in [-0.15, -0.1) is 0 Å². The van der Waals surface area contributed by atoms with Crippen LogP contribution in [0.1, 0.15) is 5.56 Å². The number of amides is 1. The quantitative estimate of drug-likeness (QED) is 0.800. The monoisotopic (exact) mass is 281 g/mol. The summed E-state index contributed by atoms with van der Waals surface area (Å²) in [6.07, 6.45) is 3.51. The molecule has 0 aliphatic heterocycles. The van der Waals surface area contributed by atoms with Crippen molar-refractivity contribution in [2.24, 2.45) is 0 Å². The second-order valence-electron chi connectivity index (χ2n) is 4.72. The van der Waals surface area contributed by atoms with Crippen molar-refractivity contribution in [3.8, 4) is 5.75 Å². The molecule has 0 aliphatic carbocycles. The van der Waals surface area contributed by atoms with Gasteiger partial charge in [0.2, 0.25) is 0 Å². The smallest absolute Gasteiger partial charge is 0.262 e. The zero-order valence-electron chi connectivity index (χ0n) is 11.6. The highest BCUT2D eigenvalue weighted by Crippen LogP contribution is 2.16. The number of carbonyl (C=O) groups is 1. The Hall–Kier alpha value is -2.82. The molecule has 0 fully saturated rings. The normalized spacial score (nSPS) is 10.5. The summed E-state index contributed by atoms with van der Waals surface area (Å²) < 4.78 is 7.25. The van der Waals surface area contributed by atoms with Crippen LogP contribution in [0.3, 0.4) is 0 Å². The molecule has 1 N–H and O–H groups in total. The van der Waals surface area contributed by atoms with Crippen molar-refractivity contribution < 1.29 is 9.53 Å². The van der Waals surface area contributed by atoms with Crippen molar-refractivity contribution in [2.75, 3.05) is 11.9 Å². The van der Waals surface area contributed by atoms with E-state index in [2.05, 4.69) is 10.4 Å². The number of pyridine rings is 1. The first-order chi connectivity index (χ1) is 10.2. The van der Waals surface area contributed by atoms with Crippen molar-refractivity contribution >= 4 is 17.1 Å². The number of carbonyl (C=O) groups excluding carboxylic acids is 1. The van der Waals surface area contributed by atoms with Gasteiger partial charge in [0.25, 0.3) is 5.91 Å². The molecule has 2 aromatic heterocycles. The van der Waals surface area contributed by atoms with Gasteiger partial charge in [-0.2, -0.15) is 5.10 Å². The van der Waals surface area contributed by atoms with E-state index in [1.54, 1.807) is 23.0 Å². The Balaban J connectivity index is 1.62. The molecule has 0 radical (unpaired) electrons. The van der Waals surface area contributed by atoms with Crippen LogP contribution in [0.4, 0.5) is 5.69 Å². The molecule has 5 heteroatoms. The van der Waals surface area contributed by atoms with Gasteiger partial charge in [-0.1, -0.05) is 18.2 Å². The molecule has 0 saturated carbocycles. The van der Waals surface area contributed by atoms with E-state index in [1.165, 1.54) is 0 Å². The zero-order chi connectivity index (χ0) is 14.7. The fourth-order valence-electron chi connectivity index (χ4n) is 2.06. The van der Waals surface area contributed by atoms with Gasteiger partial charge in [-0.25, -0.2) is 4.52 Å². The molecule has 0 atom stereocenters. The van der Waals surface area contributed by atoms with Crippen LogP contribution >= 0.6 is 0 Å². The third-order valence-corrected chi connectivity index (χ3v) is 3.14. The van der Waals surface area contributed by atoms with Crippen molar-refractivity contribution in [3.63, 3.8) is 0 Å². The summed E-state index contributed by atoms with van der Waals surface area (Å²) in [5.74, 6) is 0.529. The lowest BCUT2D eigenvalue weighted by atomic mass is 10.2. The Morgan fingerprint density at radius 2 is 2.14 bits per heavy atom. The van der Waals surface area contributed by atoms with Crippen molar-refractivity contribution in [2.45, 2.75) is 6.92 Å². The van der Waals surface area contributed by atoms with Crippen molar-refractivity contribution in [1.29, 1.82) is 0 Å². The van der Waals surface area contributed by atoms with Crippen LogP contribution in [0, 0.1) is 6.92 Å². The van der Waals surface area contributed by atoms with E-state index < -0.39 is 0 Å². The van der Waals surface area contributed by atoms with Crippen LogP contribution in [0.2, 0.25) is 0 Å². The molecule has 0 unspecified atom stereocenters. The molecular formula is C16H15N3O2. The summed E-state index contributed by atoms with van der Waals surface area (Å²) in [5, 5.41) is 6.91. The number of benzene rings is 1. The molecule has 1 amide bonds. The predicted molar refractivity (Wildman–Crippen MR) is 80.5 cm³/mol. The summed E-state index contributed by atoms with van der Waals surface area (Å²) >= 11 is 0. The maximum Gasteiger partial charge on any atom is 0.262 e. The maximum atomic E-state index is 11.9. The van der Waals surface area contributed by atoms with Gasteiger partial charge in [-0.3, -0.25) is 4.79 Å². The van der Waals surface area contributed by atoms with Gasteiger partial charge < -0.3 is 10.1 Å². The van der Waals surface area contributed by atoms with Crippen molar-refractivity contribution in [3.05, 3.63) is 60.4 Å². The number of nitrogens with one attached hydrogen (secondary N) is 1. The molecule has 3 rings (SSSR count). The summed E-state index contributed by atoms with van der Waals surface area (Å²) in [6.45, 7) is 1.93. The summed E-state index contributed by atoms with van der Waals surface area (Å²) in [4.78, 5) is 11.9. The van der Waals surface area contributed by atoms with E-state index in [0.717, 1.165) is 22.5 Å².